The Balaban J connectivity index is 2.20. The molecule has 3 nitrogen and oxygen atoms in total. The summed E-state index contributed by atoms with van der Waals surface area (Å²) in [6.07, 6.45) is 3.93. The summed E-state index contributed by atoms with van der Waals surface area (Å²) >= 11 is 0. The zero-order valence-electron chi connectivity index (χ0n) is 12.5. The summed E-state index contributed by atoms with van der Waals surface area (Å²) in [5, 5.41) is 0. The lowest BCUT2D eigenvalue weighted by Gasteiger charge is -2.55. The summed E-state index contributed by atoms with van der Waals surface area (Å²) in [6.45, 7) is 12.9. The number of ether oxygens (including phenoxy) is 1. The normalized spacial score (nSPS) is 41.8. The standard InChI is InChI=1S/C15H30N2O/c1-12-6-5-7-15(10-16,13(12)2)17-8-9-18-14(3,4)11-17/h12-13H,5-11,16H2,1-4H3. The molecule has 2 N–H and O–H groups in total. The van der Waals surface area contributed by atoms with Crippen LogP contribution in [0.1, 0.15) is 47.0 Å². The molecule has 0 aromatic rings. The summed E-state index contributed by atoms with van der Waals surface area (Å²) in [5.41, 5.74) is 6.41. The third kappa shape index (κ3) is 2.45. The van der Waals surface area contributed by atoms with E-state index in [1.54, 1.807) is 0 Å². The fraction of sp³-hybridized carbons (Fsp3) is 1.00. The van der Waals surface area contributed by atoms with Crippen molar-refractivity contribution in [1.29, 1.82) is 0 Å². The van der Waals surface area contributed by atoms with Crippen LogP contribution >= 0.6 is 0 Å². The van der Waals surface area contributed by atoms with Crippen LogP contribution < -0.4 is 5.73 Å². The summed E-state index contributed by atoms with van der Waals surface area (Å²) in [6, 6.07) is 0. The highest BCUT2D eigenvalue weighted by molar-refractivity contribution is 5.02. The molecule has 2 aliphatic rings. The highest BCUT2D eigenvalue weighted by atomic mass is 16.5. The first-order chi connectivity index (χ1) is 8.41. The van der Waals surface area contributed by atoms with Gasteiger partial charge in [0.25, 0.3) is 0 Å². The monoisotopic (exact) mass is 254 g/mol. The maximum absolute atomic E-state index is 6.23. The Kier molecular flexibility index (Phi) is 4.05. The minimum atomic E-state index is -0.0270. The van der Waals surface area contributed by atoms with Gasteiger partial charge in [0.05, 0.1) is 12.2 Å². The number of hydrogen-bond donors (Lipinski definition) is 1. The summed E-state index contributed by atoms with van der Waals surface area (Å²) < 4.78 is 5.86. The lowest BCUT2D eigenvalue weighted by molar-refractivity contribution is -0.136. The number of morpholine rings is 1. The van der Waals surface area contributed by atoms with Crippen LogP contribution in [0.25, 0.3) is 0 Å². The van der Waals surface area contributed by atoms with Crippen molar-refractivity contribution in [2.24, 2.45) is 17.6 Å². The van der Waals surface area contributed by atoms with Crippen molar-refractivity contribution in [3.8, 4) is 0 Å². The molecule has 18 heavy (non-hydrogen) atoms. The molecule has 0 radical (unpaired) electrons. The van der Waals surface area contributed by atoms with Gasteiger partial charge in [0, 0.05) is 25.2 Å². The van der Waals surface area contributed by atoms with Gasteiger partial charge in [-0.25, -0.2) is 0 Å². The van der Waals surface area contributed by atoms with Crippen LogP contribution in [0.15, 0.2) is 0 Å². The third-order valence-electron chi connectivity index (χ3n) is 5.38. The van der Waals surface area contributed by atoms with Crippen LogP contribution in [0.4, 0.5) is 0 Å². The molecule has 3 unspecified atom stereocenters. The quantitative estimate of drug-likeness (QED) is 0.821. The van der Waals surface area contributed by atoms with Gasteiger partial charge < -0.3 is 10.5 Å². The van der Waals surface area contributed by atoms with Crippen LogP contribution in [0.3, 0.4) is 0 Å². The number of rotatable bonds is 2. The van der Waals surface area contributed by atoms with E-state index in [2.05, 4.69) is 32.6 Å². The van der Waals surface area contributed by atoms with Crippen molar-refractivity contribution in [2.75, 3.05) is 26.2 Å². The van der Waals surface area contributed by atoms with Gasteiger partial charge in [-0.05, 0) is 32.1 Å². The van der Waals surface area contributed by atoms with E-state index in [1.807, 2.05) is 0 Å². The molecule has 0 aromatic carbocycles. The van der Waals surface area contributed by atoms with Crippen LogP contribution in [-0.2, 0) is 4.74 Å². The molecule has 1 aliphatic heterocycles. The maximum atomic E-state index is 6.23. The van der Waals surface area contributed by atoms with Gasteiger partial charge >= 0.3 is 0 Å². The SMILES string of the molecule is CC1CCCC(CN)(N2CCOC(C)(C)C2)C1C. The van der Waals surface area contributed by atoms with Gasteiger partial charge in [0.15, 0.2) is 0 Å². The molecule has 0 spiro atoms. The predicted molar refractivity (Wildman–Crippen MR) is 75.6 cm³/mol. The van der Waals surface area contributed by atoms with E-state index in [-0.39, 0.29) is 11.1 Å². The van der Waals surface area contributed by atoms with Gasteiger partial charge in [0.2, 0.25) is 0 Å². The van der Waals surface area contributed by atoms with Crippen molar-refractivity contribution in [2.45, 2.75) is 58.1 Å². The molecule has 0 amide bonds. The van der Waals surface area contributed by atoms with E-state index in [9.17, 15) is 0 Å². The van der Waals surface area contributed by atoms with E-state index in [0.717, 1.165) is 32.2 Å². The summed E-state index contributed by atoms with van der Waals surface area (Å²) in [5.74, 6) is 1.47. The van der Waals surface area contributed by atoms with Gasteiger partial charge in [-0.15, -0.1) is 0 Å². The highest BCUT2D eigenvalue weighted by Crippen LogP contribution is 2.42. The van der Waals surface area contributed by atoms with Crippen molar-refractivity contribution in [3.05, 3.63) is 0 Å². The number of nitrogens with two attached hydrogens (primary N) is 1. The summed E-state index contributed by atoms with van der Waals surface area (Å²) in [7, 11) is 0. The molecule has 1 heterocycles. The van der Waals surface area contributed by atoms with Gasteiger partial charge in [-0.1, -0.05) is 26.7 Å². The third-order valence-corrected chi connectivity index (χ3v) is 5.38. The average Bonchev–Trinajstić information content (AvgIpc) is 2.32. The lowest BCUT2D eigenvalue weighted by Crippen LogP contribution is -2.66. The molecule has 1 saturated carbocycles. The average molecular weight is 254 g/mol. The molecule has 2 fully saturated rings. The van der Waals surface area contributed by atoms with E-state index in [1.165, 1.54) is 19.3 Å². The highest BCUT2D eigenvalue weighted by Gasteiger charge is 2.47. The molecule has 3 atom stereocenters. The van der Waals surface area contributed by atoms with Crippen LogP contribution in [-0.4, -0.2) is 42.3 Å². The molecule has 106 valence electrons. The molecular weight excluding hydrogens is 224 g/mol. The Hall–Kier alpha value is -0.120. The van der Waals surface area contributed by atoms with Crippen molar-refractivity contribution >= 4 is 0 Å². The fourth-order valence-corrected chi connectivity index (χ4v) is 4.00. The Labute approximate surface area is 112 Å². The van der Waals surface area contributed by atoms with E-state index in [0.29, 0.717) is 5.92 Å². The molecule has 3 heteroatoms. The van der Waals surface area contributed by atoms with Gasteiger partial charge in [0.1, 0.15) is 0 Å². The minimum Gasteiger partial charge on any atom is -0.373 e. The second kappa shape index (κ2) is 5.10. The van der Waals surface area contributed by atoms with Gasteiger partial charge in [-0.3, -0.25) is 4.90 Å². The Morgan fingerprint density at radius 3 is 2.67 bits per heavy atom. The first kappa shape index (κ1) is 14.3. The second-order valence-electron chi connectivity index (χ2n) is 7.00. The van der Waals surface area contributed by atoms with E-state index >= 15 is 0 Å². The fourth-order valence-electron chi connectivity index (χ4n) is 4.00. The summed E-state index contributed by atoms with van der Waals surface area (Å²) in [4.78, 5) is 2.64. The molecule has 1 saturated heterocycles. The Bertz CT molecular complexity index is 292. The topological polar surface area (TPSA) is 38.5 Å². The zero-order valence-corrected chi connectivity index (χ0v) is 12.5. The first-order valence-corrected chi connectivity index (χ1v) is 7.50. The molecule has 0 bridgehead atoms. The second-order valence-corrected chi connectivity index (χ2v) is 7.00. The van der Waals surface area contributed by atoms with E-state index < -0.39 is 0 Å². The number of hydrogen-bond acceptors (Lipinski definition) is 3. The molecule has 0 aromatic heterocycles. The van der Waals surface area contributed by atoms with E-state index in [4.69, 9.17) is 10.5 Å². The Morgan fingerprint density at radius 1 is 1.33 bits per heavy atom. The molecular formula is C15H30N2O. The first-order valence-electron chi connectivity index (χ1n) is 7.50. The number of nitrogens with zero attached hydrogens (tertiary/aromatic N) is 1. The largest absolute Gasteiger partial charge is 0.373 e. The maximum Gasteiger partial charge on any atom is 0.0753 e. The Morgan fingerprint density at radius 2 is 2.06 bits per heavy atom. The molecule has 1 aliphatic carbocycles. The zero-order chi connectivity index (χ0) is 13.4. The van der Waals surface area contributed by atoms with Crippen molar-refractivity contribution in [3.63, 3.8) is 0 Å². The smallest absolute Gasteiger partial charge is 0.0753 e. The minimum absolute atomic E-state index is 0.0270. The van der Waals surface area contributed by atoms with Crippen molar-refractivity contribution in [1.82, 2.24) is 4.90 Å². The molecule has 2 rings (SSSR count). The van der Waals surface area contributed by atoms with Crippen molar-refractivity contribution < 1.29 is 4.74 Å². The van der Waals surface area contributed by atoms with Gasteiger partial charge in [-0.2, -0.15) is 0 Å². The predicted octanol–water partition coefficient (Wildman–Crippen LogP) is 2.25. The lowest BCUT2D eigenvalue weighted by atomic mass is 9.67. The van der Waals surface area contributed by atoms with Crippen LogP contribution in [0, 0.1) is 11.8 Å². The van der Waals surface area contributed by atoms with Crippen LogP contribution in [0.2, 0.25) is 0 Å². The van der Waals surface area contributed by atoms with Crippen LogP contribution in [0.5, 0.6) is 0 Å².